The van der Waals surface area contributed by atoms with Gasteiger partial charge in [-0.05, 0) is 0 Å². The number of hydrogen-bond donors (Lipinski definition) is 7. The van der Waals surface area contributed by atoms with Crippen LogP contribution in [-0.2, 0) is 0 Å². The van der Waals surface area contributed by atoms with E-state index >= 15 is 0 Å². The average molecular weight is 325 g/mol. The Morgan fingerprint density at radius 1 is 1.05 bits per heavy atom. The number of benzene rings is 1. The van der Waals surface area contributed by atoms with Crippen LogP contribution < -0.4 is 42.7 Å². The second-order valence-electron chi connectivity index (χ2n) is 4.50. The molecule has 1 aliphatic rings. The molecule has 1 aromatic rings. The molecule has 1 heterocycles. The number of para-hydroxylation sites is 1. The van der Waals surface area contributed by atoms with Crippen LogP contribution in [0.2, 0.25) is 0 Å². The number of nitrogens with zero attached hydrogens (tertiary/aromatic N) is 2. The zero-order valence-corrected chi connectivity index (χ0v) is 12.7. The number of hydrogen-bond acceptors (Lipinski definition) is 10. The molecular weight excluding hydrogens is 307 g/mol. The van der Waals surface area contributed by atoms with Crippen molar-refractivity contribution in [2.45, 2.75) is 0 Å². The SMILES string of the molecule is NP1(N)(N)N=PN(Oc2ccccc2)P(N)(N)(N)N1. The number of rotatable bonds is 2. The van der Waals surface area contributed by atoms with Gasteiger partial charge in [-0.3, -0.25) is 0 Å². The Hall–Kier alpha value is -0.340. The molecule has 0 bridgehead atoms. The molecule has 10 nitrogen and oxygen atoms in total. The zero-order valence-electron chi connectivity index (χ0n) is 10.00. The van der Waals surface area contributed by atoms with E-state index in [-0.39, 0.29) is 8.52 Å². The van der Waals surface area contributed by atoms with Gasteiger partial charge in [-0.2, -0.15) is 0 Å². The maximum atomic E-state index is 5.98. The molecule has 0 unspecified atom stereocenters. The first-order valence-electron chi connectivity index (χ1n) is 5.09. The zero-order chi connectivity index (χ0) is 14.4. The Bertz CT molecular complexity index is 517. The van der Waals surface area contributed by atoms with Crippen LogP contribution in [0.5, 0.6) is 5.75 Å². The molecule has 13 heteroatoms. The second-order valence-corrected chi connectivity index (χ2v) is 12.4. The molecule has 1 aromatic carbocycles. The van der Waals surface area contributed by atoms with E-state index in [2.05, 4.69) is 9.37 Å². The van der Waals surface area contributed by atoms with Crippen molar-refractivity contribution in [3.05, 3.63) is 30.3 Å². The van der Waals surface area contributed by atoms with E-state index in [9.17, 15) is 0 Å². The summed E-state index contributed by atoms with van der Waals surface area (Å²) in [4.78, 5) is 8.02. The summed E-state index contributed by atoms with van der Waals surface area (Å²) in [6.07, 6.45) is 0. The molecule has 19 heavy (non-hydrogen) atoms. The second kappa shape index (κ2) is 4.08. The van der Waals surface area contributed by atoms with Gasteiger partial charge in [-0.15, -0.1) is 0 Å². The van der Waals surface area contributed by atoms with E-state index < -0.39 is 14.7 Å². The predicted octanol–water partition coefficient (Wildman–Crippen LogP) is -0.0608. The monoisotopic (exact) mass is 325 g/mol. The summed E-state index contributed by atoms with van der Waals surface area (Å²) < 4.78 is 5.04. The van der Waals surface area contributed by atoms with E-state index in [4.69, 9.17) is 37.9 Å². The van der Waals surface area contributed by atoms with Gasteiger partial charge >= 0.3 is 111 Å². The van der Waals surface area contributed by atoms with Gasteiger partial charge in [0.25, 0.3) is 0 Å². The van der Waals surface area contributed by atoms with Crippen LogP contribution in [0, 0.1) is 0 Å². The summed E-state index contributed by atoms with van der Waals surface area (Å²) in [6, 6.07) is 8.83. The van der Waals surface area contributed by atoms with Gasteiger partial charge in [0.1, 0.15) is 0 Å². The van der Waals surface area contributed by atoms with Crippen molar-refractivity contribution >= 4 is 23.2 Å². The third kappa shape index (κ3) is 3.61. The predicted molar refractivity (Wildman–Crippen MR) is 80.4 cm³/mol. The van der Waals surface area contributed by atoms with Crippen LogP contribution in [0.4, 0.5) is 0 Å². The fourth-order valence-electron chi connectivity index (χ4n) is 1.43. The quantitative estimate of drug-likeness (QED) is 0.364. The fourth-order valence-corrected chi connectivity index (χ4v) is 8.85. The first-order chi connectivity index (χ1) is 8.43. The molecule has 0 radical (unpaired) electrons. The normalized spacial score (nSPS) is 32.1. The van der Waals surface area contributed by atoms with E-state index in [0.29, 0.717) is 5.75 Å². The van der Waals surface area contributed by atoms with E-state index in [0.717, 1.165) is 4.60 Å². The summed E-state index contributed by atoms with van der Waals surface area (Å²) in [7, 11) is -8.00. The molecule has 108 valence electrons. The molecule has 0 saturated heterocycles. The summed E-state index contributed by atoms with van der Waals surface area (Å²) in [5, 5.41) is 0. The van der Waals surface area contributed by atoms with Crippen molar-refractivity contribution in [1.82, 2.24) is 9.46 Å². The van der Waals surface area contributed by atoms with E-state index in [1.807, 2.05) is 6.07 Å². The van der Waals surface area contributed by atoms with Gasteiger partial charge in [0.15, 0.2) is 0 Å². The minimum absolute atomic E-state index is 0.156. The van der Waals surface area contributed by atoms with Gasteiger partial charge in [-0.25, -0.2) is 0 Å². The van der Waals surface area contributed by atoms with Crippen molar-refractivity contribution in [3.8, 4) is 5.75 Å². The average Bonchev–Trinajstić information content (AvgIpc) is 2.20. The van der Waals surface area contributed by atoms with Gasteiger partial charge in [0.05, 0.1) is 0 Å². The molecular formula is C6H18N9OP3. The third-order valence-corrected chi connectivity index (χ3v) is 9.99. The minimum atomic E-state index is -4.15. The van der Waals surface area contributed by atoms with Crippen LogP contribution in [-0.4, -0.2) is 4.60 Å². The first kappa shape index (κ1) is 15.1. The van der Waals surface area contributed by atoms with Crippen molar-refractivity contribution in [3.63, 3.8) is 0 Å². The molecule has 0 spiro atoms. The molecule has 0 aromatic heterocycles. The Labute approximate surface area is 112 Å². The topological polar surface area (TPSA) is 193 Å². The summed E-state index contributed by atoms with van der Waals surface area (Å²) >= 11 is 0. The van der Waals surface area contributed by atoms with Gasteiger partial charge in [0, 0.05) is 0 Å². The third-order valence-electron chi connectivity index (χ3n) is 2.06. The van der Waals surface area contributed by atoms with E-state index in [1.54, 1.807) is 24.3 Å². The van der Waals surface area contributed by atoms with Gasteiger partial charge < -0.3 is 0 Å². The molecule has 0 fully saturated rings. The molecule has 0 saturated carbocycles. The molecule has 0 aliphatic carbocycles. The van der Waals surface area contributed by atoms with Crippen LogP contribution >= 0.6 is 23.2 Å². The van der Waals surface area contributed by atoms with E-state index in [1.165, 1.54) is 0 Å². The maximum absolute atomic E-state index is 5.98. The summed E-state index contributed by atoms with van der Waals surface area (Å²) in [5.41, 5.74) is 35.2. The van der Waals surface area contributed by atoms with Gasteiger partial charge in [0.2, 0.25) is 0 Å². The van der Waals surface area contributed by atoms with Crippen LogP contribution in [0.25, 0.3) is 0 Å². The Morgan fingerprint density at radius 3 is 2.16 bits per heavy atom. The van der Waals surface area contributed by atoms with Crippen LogP contribution in [0.15, 0.2) is 34.8 Å². The fraction of sp³-hybridized carbons (Fsp3) is 0. The van der Waals surface area contributed by atoms with Crippen molar-refractivity contribution in [2.75, 3.05) is 0 Å². The van der Waals surface area contributed by atoms with Crippen LogP contribution in [0.1, 0.15) is 0 Å². The molecule has 13 N–H and O–H groups in total. The Kier molecular flexibility index (Phi) is 3.23. The van der Waals surface area contributed by atoms with Crippen molar-refractivity contribution < 1.29 is 4.84 Å². The van der Waals surface area contributed by atoms with Crippen LogP contribution in [0.3, 0.4) is 0 Å². The van der Waals surface area contributed by atoms with Gasteiger partial charge in [-0.1, -0.05) is 0 Å². The Morgan fingerprint density at radius 2 is 1.63 bits per heavy atom. The molecule has 1 aliphatic heterocycles. The number of nitrogens with two attached hydrogens (primary N) is 6. The summed E-state index contributed by atoms with van der Waals surface area (Å²) in [6.45, 7) is 0. The Balaban J connectivity index is 2.34. The van der Waals surface area contributed by atoms with Crippen molar-refractivity contribution in [2.24, 2.45) is 37.5 Å². The van der Waals surface area contributed by atoms with Crippen molar-refractivity contribution in [1.29, 1.82) is 0 Å². The molecule has 2 rings (SSSR count). The summed E-state index contributed by atoms with van der Waals surface area (Å²) in [5.74, 6) is 0.496. The standard InChI is InChI=1S/C6H18N9OP3/c7-18(8,9)13-17-15(19(10,11,12)14-18)16-6-4-2-1-3-5-6/h1-5,14H,7-12H2. The first-order valence-corrected chi connectivity index (χ1v) is 10.7. The molecule has 0 atom stereocenters. The molecule has 0 amide bonds. The number of nitrogens with one attached hydrogen (secondary N) is 1.